The molecule has 0 aliphatic carbocycles. The normalized spacial score (nSPS) is 14.4. The molecule has 1 aliphatic rings. The van der Waals surface area contributed by atoms with E-state index in [1.54, 1.807) is 37.4 Å². The third-order valence-corrected chi connectivity index (χ3v) is 4.97. The molecule has 1 aliphatic heterocycles. The molecule has 2 aromatic carbocycles. The quantitative estimate of drug-likeness (QED) is 0.806. The first-order chi connectivity index (χ1) is 13.8. The predicted octanol–water partition coefficient (Wildman–Crippen LogP) is 2.90. The number of methoxy groups -OCH3 is 1. The van der Waals surface area contributed by atoms with Crippen LogP contribution in [0.1, 0.15) is 24.2 Å². The Balaban J connectivity index is 1.62. The van der Waals surface area contributed by atoms with Gasteiger partial charge in [0.2, 0.25) is 0 Å². The number of piperazine rings is 1. The third-order valence-electron chi connectivity index (χ3n) is 4.97. The maximum Gasteiger partial charge on any atom is 0.347 e. The van der Waals surface area contributed by atoms with Gasteiger partial charge in [0.1, 0.15) is 11.5 Å². The van der Waals surface area contributed by atoms with Gasteiger partial charge in [-0.25, -0.2) is 4.79 Å². The second-order valence-electron chi connectivity index (χ2n) is 7.42. The number of rotatable bonds is 6. The van der Waals surface area contributed by atoms with E-state index in [0.717, 1.165) is 11.4 Å². The van der Waals surface area contributed by atoms with Crippen LogP contribution >= 0.6 is 0 Å². The van der Waals surface area contributed by atoms with E-state index in [-0.39, 0.29) is 5.91 Å². The fourth-order valence-corrected chi connectivity index (χ4v) is 3.17. The molecule has 0 unspecified atom stereocenters. The monoisotopic (exact) mass is 398 g/mol. The molecule has 1 fully saturated rings. The molecule has 1 amide bonds. The molecule has 7 nitrogen and oxygen atoms in total. The molecule has 0 spiro atoms. The summed E-state index contributed by atoms with van der Waals surface area (Å²) in [7, 11) is 1.60. The van der Waals surface area contributed by atoms with Gasteiger partial charge in [0, 0.05) is 43.5 Å². The van der Waals surface area contributed by atoms with Crippen molar-refractivity contribution in [2.75, 3.05) is 38.2 Å². The highest BCUT2D eigenvalue weighted by Gasteiger charge is 2.29. The molecule has 2 aromatic rings. The number of carbonyl (C=O) groups excluding carboxylic acids is 1. The minimum absolute atomic E-state index is 0.00703. The van der Waals surface area contributed by atoms with E-state index in [4.69, 9.17) is 9.47 Å². The van der Waals surface area contributed by atoms with Crippen LogP contribution in [-0.2, 0) is 4.79 Å². The zero-order valence-electron chi connectivity index (χ0n) is 16.9. The number of anilines is 1. The van der Waals surface area contributed by atoms with Gasteiger partial charge in [-0.05, 0) is 50.2 Å². The van der Waals surface area contributed by atoms with Crippen LogP contribution in [0.3, 0.4) is 0 Å². The number of carboxylic acids is 1. The maximum absolute atomic E-state index is 12.7. The van der Waals surface area contributed by atoms with E-state index in [1.165, 1.54) is 13.8 Å². The number of amides is 1. The van der Waals surface area contributed by atoms with Crippen LogP contribution in [0, 0.1) is 0 Å². The highest BCUT2D eigenvalue weighted by molar-refractivity contribution is 5.94. The molecule has 0 aromatic heterocycles. The first-order valence-corrected chi connectivity index (χ1v) is 9.51. The van der Waals surface area contributed by atoms with Crippen molar-refractivity contribution >= 4 is 17.6 Å². The van der Waals surface area contributed by atoms with Crippen molar-refractivity contribution in [1.82, 2.24) is 4.90 Å². The summed E-state index contributed by atoms with van der Waals surface area (Å²) >= 11 is 0. The van der Waals surface area contributed by atoms with Crippen LogP contribution in [-0.4, -0.2) is 60.8 Å². The van der Waals surface area contributed by atoms with Crippen molar-refractivity contribution in [3.63, 3.8) is 0 Å². The Morgan fingerprint density at radius 3 is 2.21 bits per heavy atom. The molecule has 154 valence electrons. The lowest BCUT2D eigenvalue weighted by atomic mass is 10.1. The summed E-state index contributed by atoms with van der Waals surface area (Å²) in [6, 6.07) is 14.5. The fraction of sp³-hybridized carbons (Fsp3) is 0.364. The minimum atomic E-state index is -1.30. The molecule has 1 N–H and O–H groups in total. The molecular formula is C22H26N2O5. The SMILES string of the molecule is COc1ccc(C(=O)N2CCN(c3cccc(OC(C)(C)C(=O)O)c3)CC2)cc1. The van der Waals surface area contributed by atoms with Crippen molar-refractivity contribution in [3.05, 3.63) is 54.1 Å². The topological polar surface area (TPSA) is 79.3 Å². The summed E-state index contributed by atoms with van der Waals surface area (Å²) in [4.78, 5) is 28.0. The van der Waals surface area contributed by atoms with E-state index in [2.05, 4.69) is 4.90 Å². The Labute approximate surface area is 170 Å². The lowest BCUT2D eigenvalue weighted by molar-refractivity contribution is -0.152. The van der Waals surface area contributed by atoms with Crippen LogP contribution in [0.15, 0.2) is 48.5 Å². The van der Waals surface area contributed by atoms with Gasteiger partial charge in [0.15, 0.2) is 5.60 Å². The number of aliphatic carboxylic acids is 1. The van der Waals surface area contributed by atoms with Crippen molar-refractivity contribution in [2.24, 2.45) is 0 Å². The van der Waals surface area contributed by atoms with Gasteiger partial charge in [-0.1, -0.05) is 6.07 Å². The summed E-state index contributed by atoms with van der Waals surface area (Å²) in [5.74, 6) is 0.215. The number of benzene rings is 2. The van der Waals surface area contributed by atoms with Crippen LogP contribution in [0.25, 0.3) is 0 Å². The van der Waals surface area contributed by atoms with Gasteiger partial charge in [-0.3, -0.25) is 4.79 Å². The molecule has 0 bridgehead atoms. The average Bonchev–Trinajstić information content (AvgIpc) is 2.73. The number of nitrogens with zero attached hydrogens (tertiary/aromatic N) is 2. The van der Waals surface area contributed by atoms with Crippen molar-refractivity contribution in [2.45, 2.75) is 19.4 Å². The molecular weight excluding hydrogens is 372 g/mol. The van der Waals surface area contributed by atoms with Gasteiger partial charge in [0.05, 0.1) is 7.11 Å². The smallest absolute Gasteiger partial charge is 0.347 e. The second kappa shape index (κ2) is 8.43. The largest absolute Gasteiger partial charge is 0.497 e. The van der Waals surface area contributed by atoms with Crippen LogP contribution in [0.5, 0.6) is 11.5 Å². The lowest BCUT2D eigenvalue weighted by Gasteiger charge is -2.36. The van der Waals surface area contributed by atoms with Gasteiger partial charge < -0.3 is 24.4 Å². The molecule has 0 saturated carbocycles. The average molecular weight is 398 g/mol. The van der Waals surface area contributed by atoms with E-state index in [0.29, 0.717) is 37.5 Å². The van der Waals surface area contributed by atoms with Crippen molar-refractivity contribution < 1.29 is 24.2 Å². The molecule has 1 saturated heterocycles. The van der Waals surface area contributed by atoms with Crippen molar-refractivity contribution in [3.8, 4) is 11.5 Å². The number of hydrogen-bond donors (Lipinski definition) is 1. The number of carbonyl (C=O) groups is 2. The van der Waals surface area contributed by atoms with E-state index < -0.39 is 11.6 Å². The Bertz CT molecular complexity index is 871. The van der Waals surface area contributed by atoms with Crippen LogP contribution in [0.2, 0.25) is 0 Å². The Morgan fingerprint density at radius 2 is 1.62 bits per heavy atom. The first kappa shape index (κ1) is 20.5. The summed E-state index contributed by atoms with van der Waals surface area (Å²) in [5, 5.41) is 9.25. The van der Waals surface area contributed by atoms with Gasteiger partial charge in [0.25, 0.3) is 5.91 Å². The Morgan fingerprint density at radius 1 is 0.966 bits per heavy atom. The third kappa shape index (κ3) is 4.80. The van der Waals surface area contributed by atoms with Gasteiger partial charge in [-0.2, -0.15) is 0 Å². The predicted molar refractivity (Wildman–Crippen MR) is 110 cm³/mol. The standard InChI is InChI=1S/C22H26N2O5/c1-22(2,21(26)27)29-19-6-4-5-17(15-19)23-11-13-24(14-12-23)20(25)16-7-9-18(28-3)10-8-16/h4-10,15H,11-14H2,1-3H3,(H,26,27). The highest BCUT2D eigenvalue weighted by Crippen LogP contribution is 2.26. The first-order valence-electron chi connectivity index (χ1n) is 9.51. The number of hydrogen-bond acceptors (Lipinski definition) is 5. The lowest BCUT2D eigenvalue weighted by Crippen LogP contribution is -2.48. The van der Waals surface area contributed by atoms with Gasteiger partial charge >= 0.3 is 5.97 Å². The van der Waals surface area contributed by atoms with E-state index >= 15 is 0 Å². The zero-order valence-corrected chi connectivity index (χ0v) is 16.9. The van der Waals surface area contributed by atoms with E-state index in [1.807, 2.05) is 23.1 Å². The number of carboxylic acid groups (broad SMARTS) is 1. The Kier molecular flexibility index (Phi) is 5.96. The van der Waals surface area contributed by atoms with Crippen LogP contribution < -0.4 is 14.4 Å². The van der Waals surface area contributed by atoms with E-state index in [9.17, 15) is 14.7 Å². The summed E-state index contributed by atoms with van der Waals surface area (Å²) < 4.78 is 10.8. The molecule has 1 heterocycles. The highest BCUT2D eigenvalue weighted by atomic mass is 16.5. The maximum atomic E-state index is 12.7. The van der Waals surface area contributed by atoms with Crippen molar-refractivity contribution in [1.29, 1.82) is 0 Å². The molecule has 0 atom stereocenters. The summed E-state index contributed by atoms with van der Waals surface area (Å²) in [6.07, 6.45) is 0. The number of ether oxygens (including phenoxy) is 2. The van der Waals surface area contributed by atoms with Gasteiger partial charge in [-0.15, -0.1) is 0 Å². The summed E-state index contributed by atoms with van der Waals surface area (Å²) in [5.41, 5.74) is 0.285. The molecule has 0 radical (unpaired) electrons. The zero-order chi connectivity index (χ0) is 21.0. The Hall–Kier alpha value is -3.22. The minimum Gasteiger partial charge on any atom is -0.497 e. The molecule has 7 heteroatoms. The molecule has 29 heavy (non-hydrogen) atoms. The summed E-state index contributed by atoms with van der Waals surface area (Å²) in [6.45, 7) is 5.63. The second-order valence-corrected chi connectivity index (χ2v) is 7.42. The fourth-order valence-electron chi connectivity index (χ4n) is 3.17. The molecule has 3 rings (SSSR count). The van der Waals surface area contributed by atoms with Crippen LogP contribution in [0.4, 0.5) is 5.69 Å².